The summed E-state index contributed by atoms with van der Waals surface area (Å²) in [5.41, 5.74) is 4.71. The van der Waals surface area contributed by atoms with Crippen LogP contribution in [0.4, 0.5) is 0 Å². The van der Waals surface area contributed by atoms with E-state index < -0.39 is 0 Å². The van der Waals surface area contributed by atoms with E-state index in [1.165, 1.54) is 0 Å². The maximum Gasteiger partial charge on any atom is 0.258 e. The van der Waals surface area contributed by atoms with Crippen LogP contribution in [-0.2, 0) is 0 Å². The summed E-state index contributed by atoms with van der Waals surface area (Å²) in [5, 5.41) is 1.03. The molecular formula is C18H15N3O2. The van der Waals surface area contributed by atoms with E-state index in [0.29, 0.717) is 11.4 Å². The number of H-pyrrole nitrogens is 2. The topological polar surface area (TPSA) is 70.8 Å². The number of hydrogen-bond donors (Lipinski definition) is 2. The molecule has 1 aromatic carbocycles. The third-order valence-electron chi connectivity index (χ3n) is 4.11. The number of benzene rings is 1. The van der Waals surface area contributed by atoms with Gasteiger partial charge in [0, 0.05) is 17.0 Å². The Morgan fingerprint density at radius 1 is 1.04 bits per heavy atom. The van der Waals surface area contributed by atoms with E-state index >= 15 is 0 Å². The van der Waals surface area contributed by atoms with Gasteiger partial charge in [-0.25, -0.2) is 4.98 Å². The molecule has 4 aromatic rings. The Kier molecular flexibility index (Phi) is 2.94. The third-order valence-corrected chi connectivity index (χ3v) is 4.11. The van der Waals surface area contributed by atoms with E-state index in [9.17, 15) is 4.79 Å². The van der Waals surface area contributed by atoms with E-state index in [4.69, 9.17) is 4.74 Å². The number of pyridine rings is 2. The summed E-state index contributed by atoms with van der Waals surface area (Å²) >= 11 is 0. The summed E-state index contributed by atoms with van der Waals surface area (Å²) in [5.74, 6) is 0.548. The summed E-state index contributed by atoms with van der Waals surface area (Å²) in [6, 6.07) is 13.4. The quantitative estimate of drug-likeness (QED) is 0.596. The molecule has 23 heavy (non-hydrogen) atoms. The van der Waals surface area contributed by atoms with Crippen LogP contribution in [-0.4, -0.2) is 22.1 Å². The third kappa shape index (κ3) is 2.09. The first kappa shape index (κ1) is 13.6. The molecule has 3 aromatic heterocycles. The fourth-order valence-corrected chi connectivity index (χ4v) is 2.97. The molecule has 5 heteroatoms. The van der Waals surface area contributed by atoms with E-state index in [0.717, 1.165) is 33.2 Å². The van der Waals surface area contributed by atoms with Crippen LogP contribution in [0, 0.1) is 6.92 Å². The number of fused-ring (bicyclic) bond motifs is 2. The number of aromatic amines is 2. The molecule has 0 aliphatic heterocycles. The van der Waals surface area contributed by atoms with Gasteiger partial charge in [0.05, 0.1) is 29.4 Å². The van der Waals surface area contributed by atoms with Crippen molar-refractivity contribution in [3.05, 3.63) is 58.4 Å². The normalized spacial score (nSPS) is 11.2. The summed E-state index contributed by atoms with van der Waals surface area (Å²) < 4.78 is 5.15. The van der Waals surface area contributed by atoms with Gasteiger partial charge in [-0.2, -0.15) is 0 Å². The van der Waals surface area contributed by atoms with Gasteiger partial charge in [0.25, 0.3) is 5.56 Å². The van der Waals surface area contributed by atoms with Crippen molar-refractivity contribution in [1.29, 1.82) is 0 Å². The van der Waals surface area contributed by atoms with Crippen LogP contribution in [0.3, 0.4) is 0 Å². The molecule has 0 bridgehead atoms. The summed E-state index contributed by atoms with van der Waals surface area (Å²) in [7, 11) is 1.58. The maximum absolute atomic E-state index is 12.5. The molecule has 0 spiro atoms. The van der Waals surface area contributed by atoms with E-state index in [1.807, 2.05) is 43.3 Å². The minimum Gasteiger partial charge on any atom is -0.481 e. The van der Waals surface area contributed by atoms with Crippen molar-refractivity contribution in [1.82, 2.24) is 15.0 Å². The first-order valence-corrected chi connectivity index (χ1v) is 7.33. The average Bonchev–Trinajstić information content (AvgIpc) is 2.97. The number of nitrogens with zero attached hydrogens (tertiary/aromatic N) is 1. The Labute approximate surface area is 132 Å². The van der Waals surface area contributed by atoms with Crippen LogP contribution in [0.5, 0.6) is 5.88 Å². The van der Waals surface area contributed by atoms with Gasteiger partial charge in [-0.3, -0.25) is 4.79 Å². The monoisotopic (exact) mass is 305 g/mol. The second-order valence-electron chi connectivity index (χ2n) is 5.47. The number of aromatic nitrogens is 3. The fourth-order valence-electron chi connectivity index (χ4n) is 2.97. The number of ether oxygens (including phenoxy) is 1. The molecule has 4 rings (SSSR count). The molecule has 0 aliphatic rings. The van der Waals surface area contributed by atoms with Crippen LogP contribution in [0.15, 0.2) is 47.3 Å². The van der Waals surface area contributed by atoms with Gasteiger partial charge in [0.1, 0.15) is 0 Å². The van der Waals surface area contributed by atoms with Gasteiger partial charge in [-0.1, -0.05) is 18.2 Å². The minimum atomic E-state index is -0.111. The summed E-state index contributed by atoms with van der Waals surface area (Å²) in [4.78, 5) is 23.1. The Balaban J connectivity index is 2.00. The molecule has 0 saturated heterocycles. The number of nitrogens with one attached hydrogen (secondary N) is 2. The molecule has 2 N–H and O–H groups in total. The second-order valence-corrected chi connectivity index (χ2v) is 5.47. The lowest BCUT2D eigenvalue weighted by Gasteiger charge is -2.07. The van der Waals surface area contributed by atoms with Crippen molar-refractivity contribution in [2.75, 3.05) is 7.11 Å². The highest BCUT2D eigenvalue weighted by atomic mass is 16.5. The highest BCUT2D eigenvalue weighted by molar-refractivity contribution is 5.90. The van der Waals surface area contributed by atoms with Crippen LogP contribution < -0.4 is 10.3 Å². The Bertz CT molecular complexity index is 1090. The number of methoxy groups -OCH3 is 1. The summed E-state index contributed by atoms with van der Waals surface area (Å²) in [6.07, 6.45) is 0. The Morgan fingerprint density at radius 2 is 1.87 bits per heavy atom. The van der Waals surface area contributed by atoms with Gasteiger partial charge in [-0.15, -0.1) is 0 Å². The highest BCUT2D eigenvalue weighted by Crippen LogP contribution is 2.27. The van der Waals surface area contributed by atoms with E-state index in [1.54, 1.807) is 13.2 Å². The second kappa shape index (κ2) is 4.98. The highest BCUT2D eigenvalue weighted by Gasteiger charge is 2.14. The lowest BCUT2D eigenvalue weighted by molar-refractivity contribution is 0.399. The van der Waals surface area contributed by atoms with E-state index in [2.05, 4.69) is 15.0 Å². The Hall–Kier alpha value is -3.08. The SMILES string of the molecule is COc1ccc2[nH]c(-c3c(C)c4ccccc4[nH]c3=O)cc2n1. The lowest BCUT2D eigenvalue weighted by Crippen LogP contribution is -2.11. The zero-order valence-electron chi connectivity index (χ0n) is 12.8. The smallest absolute Gasteiger partial charge is 0.258 e. The average molecular weight is 305 g/mol. The van der Waals surface area contributed by atoms with Gasteiger partial charge in [0.15, 0.2) is 0 Å². The van der Waals surface area contributed by atoms with Crippen molar-refractivity contribution < 1.29 is 4.74 Å². The standard InChI is InChI=1S/C18H15N3O2/c1-10-11-5-3-4-6-12(11)21-18(22)17(10)15-9-14-13(19-15)7-8-16(20-14)23-2/h3-9,19H,1-2H3,(H,21,22). The molecule has 0 atom stereocenters. The van der Waals surface area contributed by atoms with Crippen molar-refractivity contribution in [3.8, 4) is 17.1 Å². The van der Waals surface area contributed by atoms with Crippen LogP contribution >= 0.6 is 0 Å². The van der Waals surface area contributed by atoms with Gasteiger partial charge < -0.3 is 14.7 Å². The van der Waals surface area contributed by atoms with Gasteiger partial charge >= 0.3 is 0 Å². The molecule has 0 radical (unpaired) electrons. The number of aryl methyl sites for hydroxylation is 1. The van der Waals surface area contributed by atoms with Gasteiger partial charge in [0.2, 0.25) is 5.88 Å². The zero-order chi connectivity index (χ0) is 16.0. The van der Waals surface area contributed by atoms with Crippen LogP contribution in [0.2, 0.25) is 0 Å². The largest absolute Gasteiger partial charge is 0.481 e. The number of hydrogen-bond acceptors (Lipinski definition) is 3. The first-order valence-electron chi connectivity index (χ1n) is 7.33. The molecule has 3 heterocycles. The number of rotatable bonds is 2. The minimum absolute atomic E-state index is 0.111. The van der Waals surface area contributed by atoms with E-state index in [-0.39, 0.29) is 5.56 Å². The van der Waals surface area contributed by atoms with Crippen molar-refractivity contribution in [3.63, 3.8) is 0 Å². The molecule has 0 aliphatic carbocycles. The van der Waals surface area contributed by atoms with Crippen LogP contribution in [0.25, 0.3) is 33.2 Å². The zero-order valence-corrected chi connectivity index (χ0v) is 12.8. The molecule has 0 saturated carbocycles. The lowest BCUT2D eigenvalue weighted by atomic mass is 10.0. The molecule has 5 nitrogen and oxygen atoms in total. The van der Waals surface area contributed by atoms with Crippen LogP contribution in [0.1, 0.15) is 5.56 Å². The molecular weight excluding hydrogens is 290 g/mol. The van der Waals surface area contributed by atoms with Crippen molar-refractivity contribution in [2.24, 2.45) is 0 Å². The van der Waals surface area contributed by atoms with Crippen molar-refractivity contribution >= 4 is 21.9 Å². The van der Waals surface area contributed by atoms with Gasteiger partial charge in [-0.05, 0) is 30.7 Å². The maximum atomic E-state index is 12.5. The summed E-state index contributed by atoms with van der Waals surface area (Å²) in [6.45, 7) is 1.96. The molecule has 114 valence electrons. The number of para-hydroxylation sites is 1. The Morgan fingerprint density at radius 3 is 2.70 bits per heavy atom. The molecule has 0 unspecified atom stereocenters. The first-order chi connectivity index (χ1) is 11.2. The fraction of sp³-hybridized carbons (Fsp3) is 0.111. The predicted octanol–water partition coefficient (Wildman–Crippen LogP) is 3.39. The molecule has 0 amide bonds. The molecule has 0 fully saturated rings. The van der Waals surface area contributed by atoms with Crippen molar-refractivity contribution in [2.45, 2.75) is 6.92 Å². The predicted molar refractivity (Wildman–Crippen MR) is 90.9 cm³/mol.